The van der Waals surface area contributed by atoms with E-state index in [4.69, 9.17) is 4.74 Å². The van der Waals surface area contributed by atoms with Gasteiger partial charge in [0.15, 0.2) is 0 Å². The maximum Gasteiger partial charge on any atom is 0.253 e. The summed E-state index contributed by atoms with van der Waals surface area (Å²) in [5.41, 5.74) is 0.682. The summed E-state index contributed by atoms with van der Waals surface area (Å²) in [6.45, 7) is 6.39. The van der Waals surface area contributed by atoms with E-state index in [1.165, 1.54) is 0 Å². The van der Waals surface area contributed by atoms with Crippen LogP contribution in [0.4, 0.5) is 11.5 Å². The first-order valence-corrected chi connectivity index (χ1v) is 10.0. The number of hydrogen-bond acceptors (Lipinski definition) is 5. The number of nitrogens with zero attached hydrogens (tertiary/aromatic N) is 2. The lowest BCUT2D eigenvalue weighted by molar-refractivity contribution is -0.126. The molecule has 3 rings (SSSR count). The van der Waals surface area contributed by atoms with Crippen LogP contribution in [-0.4, -0.2) is 48.6 Å². The van der Waals surface area contributed by atoms with Crippen molar-refractivity contribution in [2.75, 3.05) is 29.9 Å². The molecule has 2 atom stereocenters. The summed E-state index contributed by atoms with van der Waals surface area (Å²) in [6.07, 6.45) is 5.67. The van der Waals surface area contributed by atoms with Crippen LogP contribution < -0.4 is 15.5 Å². The zero-order valence-electron chi connectivity index (χ0n) is 16.2. The third-order valence-corrected chi connectivity index (χ3v) is 5.43. The van der Waals surface area contributed by atoms with Gasteiger partial charge in [0, 0.05) is 31.7 Å². The third-order valence-electron chi connectivity index (χ3n) is 5.43. The Morgan fingerprint density at radius 1 is 1.26 bits per heavy atom. The Morgan fingerprint density at radius 2 is 2.04 bits per heavy atom. The van der Waals surface area contributed by atoms with E-state index in [1.54, 1.807) is 6.20 Å². The summed E-state index contributed by atoms with van der Waals surface area (Å²) in [4.78, 5) is 31.0. The first kappa shape index (κ1) is 19.6. The van der Waals surface area contributed by atoms with E-state index < -0.39 is 0 Å². The topological polar surface area (TPSA) is 83.6 Å². The molecule has 7 heteroatoms. The molecule has 2 unspecified atom stereocenters. The van der Waals surface area contributed by atoms with Crippen molar-refractivity contribution < 1.29 is 14.3 Å². The summed E-state index contributed by atoms with van der Waals surface area (Å²) < 4.78 is 5.39. The summed E-state index contributed by atoms with van der Waals surface area (Å²) in [5, 5.41) is 5.94. The molecule has 1 aromatic rings. The fourth-order valence-corrected chi connectivity index (χ4v) is 3.49. The van der Waals surface area contributed by atoms with Crippen molar-refractivity contribution in [3.63, 3.8) is 0 Å². The van der Waals surface area contributed by atoms with Crippen LogP contribution in [0.3, 0.4) is 0 Å². The molecule has 0 spiro atoms. The van der Waals surface area contributed by atoms with Crippen LogP contribution in [0.2, 0.25) is 0 Å². The second-order valence-electron chi connectivity index (χ2n) is 7.48. The number of anilines is 2. The highest BCUT2D eigenvalue weighted by Crippen LogP contribution is 2.23. The SMILES string of the molecule is CCC(C)NC(=O)C1CCN(c2ccc(NC(=O)C3CCCO3)cn2)CC1. The van der Waals surface area contributed by atoms with Gasteiger partial charge in [-0.25, -0.2) is 4.98 Å². The molecule has 148 valence electrons. The average Bonchev–Trinajstić information content (AvgIpc) is 3.23. The fourth-order valence-electron chi connectivity index (χ4n) is 3.49. The number of rotatable bonds is 6. The quantitative estimate of drug-likeness (QED) is 0.798. The molecular formula is C20H30N4O3. The number of carbonyl (C=O) groups is 2. The molecule has 27 heavy (non-hydrogen) atoms. The van der Waals surface area contributed by atoms with Crippen molar-refractivity contribution in [3.8, 4) is 0 Å². The van der Waals surface area contributed by atoms with E-state index in [-0.39, 0.29) is 29.9 Å². The van der Waals surface area contributed by atoms with Crippen LogP contribution in [-0.2, 0) is 14.3 Å². The highest BCUT2D eigenvalue weighted by atomic mass is 16.5. The minimum absolute atomic E-state index is 0.0835. The summed E-state index contributed by atoms with van der Waals surface area (Å²) >= 11 is 0. The van der Waals surface area contributed by atoms with Gasteiger partial charge < -0.3 is 20.3 Å². The summed E-state index contributed by atoms with van der Waals surface area (Å²) in [5.74, 6) is 1.03. The van der Waals surface area contributed by atoms with E-state index in [2.05, 4.69) is 27.4 Å². The van der Waals surface area contributed by atoms with E-state index in [1.807, 2.05) is 19.1 Å². The van der Waals surface area contributed by atoms with Crippen LogP contribution in [0.5, 0.6) is 0 Å². The van der Waals surface area contributed by atoms with Crippen LogP contribution in [0.25, 0.3) is 0 Å². The minimum atomic E-state index is -0.342. The molecule has 2 N–H and O–H groups in total. The van der Waals surface area contributed by atoms with Gasteiger partial charge in [-0.2, -0.15) is 0 Å². The van der Waals surface area contributed by atoms with Crippen molar-refractivity contribution in [3.05, 3.63) is 18.3 Å². The predicted molar refractivity (Wildman–Crippen MR) is 105 cm³/mol. The largest absolute Gasteiger partial charge is 0.368 e. The van der Waals surface area contributed by atoms with Crippen LogP contribution in [0.15, 0.2) is 18.3 Å². The molecule has 2 fully saturated rings. The van der Waals surface area contributed by atoms with E-state index >= 15 is 0 Å². The molecule has 0 radical (unpaired) electrons. The lowest BCUT2D eigenvalue weighted by Gasteiger charge is -2.32. The van der Waals surface area contributed by atoms with E-state index in [0.717, 1.165) is 51.0 Å². The molecule has 0 saturated carbocycles. The normalized spacial score (nSPS) is 21.7. The first-order valence-electron chi connectivity index (χ1n) is 10.0. The fraction of sp³-hybridized carbons (Fsp3) is 0.650. The second-order valence-corrected chi connectivity index (χ2v) is 7.48. The van der Waals surface area contributed by atoms with Gasteiger partial charge in [-0.05, 0) is 51.2 Å². The maximum atomic E-state index is 12.3. The maximum absolute atomic E-state index is 12.3. The molecule has 7 nitrogen and oxygen atoms in total. The smallest absolute Gasteiger partial charge is 0.253 e. The van der Waals surface area contributed by atoms with Crippen molar-refractivity contribution in [2.24, 2.45) is 5.92 Å². The highest BCUT2D eigenvalue weighted by molar-refractivity contribution is 5.94. The Balaban J connectivity index is 1.48. The number of piperidine rings is 1. The van der Waals surface area contributed by atoms with Crippen LogP contribution in [0, 0.1) is 5.92 Å². The van der Waals surface area contributed by atoms with E-state index in [9.17, 15) is 9.59 Å². The molecule has 2 aliphatic rings. The average molecular weight is 374 g/mol. The molecule has 2 saturated heterocycles. The molecule has 0 aromatic carbocycles. The summed E-state index contributed by atoms with van der Waals surface area (Å²) in [6, 6.07) is 4.02. The number of hydrogen-bond donors (Lipinski definition) is 2. The Hall–Kier alpha value is -2.15. The van der Waals surface area contributed by atoms with E-state index in [0.29, 0.717) is 12.3 Å². The van der Waals surface area contributed by atoms with Gasteiger partial charge in [0.1, 0.15) is 11.9 Å². The molecule has 1 aromatic heterocycles. The third kappa shape index (κ3) is 5.19. The van der Waals surface area contributed by atoms with Gasteiger partial charge in [-0.3, -0.25) is 9.59 Å². The first-order chi connectivity index (χ1) is 13.1. The number of amides is 2. The van der Waals surface area contributed by atoms with Gasteiger partial charge in [-0.15, -0.1) is 0 Å². The Morgan fingerprint density at radius 3 is 2.63 bits per heavy atom. The Kier molecular flexibility index (Phi) is 6.66. The van der Waals surface area contributed by atoms with Gasteiger partial charge in [0.05, 0.1) is 11.9 Å². The lowest BCUT2D eigenvalue weighted by atomic mass is 9.95. The van der Waals surface area contributed by atoms with Crippen LogP contribution >= 0.6 is 0 Å². The van der Waals surface area contributed by atoms with Crippen molar-refractivity contribution in [2.45, 2.75) is 58.1 Å². The molecule has 2 amide bonds. The lowest BCUT2D eigenvalue weighted by Crippen LogP contribution is -2.43. The zero-order valence-corrected chi connectivity index (χ0v) is 16.2. The van der Waals surface area contributed by atoms with Gasteiger partial charge >= 0.3 is 0 Å². The molecule has 3 heterocycles. The molecule has 2 aliphatic heterocycles. The van der Waals surface area contributed by atoms with Gasteiger partial charge in [0.2, 0.25) is 5.91 Å². The number of pyridine rings is 1. The number of nitrogens with one attached hydrogen (secondary N) is 2. The minimum Gasteiger partial charge on any atom is -0.368 e. The number of ether oxygens (including phenoxy) is 1. The summed E-state index contributed by atoms with van der Waals surface area (Å²) in [7, 11) is 0. The molecular weight excluding hydrogens is 344 g/mol. The predicted octanol–water partition coefficient (Wildman–Crippen LogP) is 2.33. The molecule has 0 bridgehead atoms. The highest BCUT2D eigenvalue weighted by Gasteiger charge is 2.26. The standard InChI is InChI=1S/C20H30N4O3/c1-3-14(2)22-19(25)15-8-10-24(11-9-15)18-7-6-16(13-21-18)23-20(26)17-5-4-12-27-17/h6-7,13-15,17H,3-5,8-12H2,1-2H3,(H,22,25)(H,23,26). The monoisotopic (exact) mass is 374 g/mol. The second kappa shape index (κ2) is 9.17. The number of carbonyl (C=O) groups excluding carboxylic acids is 2. The van der Waals surface area contributed by atoms with Crippen molar-refractivity contribution in [1.29, 1.82) is 0 Å². The van der Waals surface area contributed by atoms with Gasteiger partial charge in [-0.1, -0.05) is 6.92 Å². The van der Waals surface area contributed by atoms with Crippen LogP contribution in [0.1, 0.15) is 46.0 Å². The zero-order chi connectivity index (χ0) is 19.2. The Labute approximate surface area is 160 Å². The Bertz CT molecular complexity index is 635. The van der Waals surface area contributed by atoms with Crippen molar-refractivity contribution in [1.82, 2.24) is 10.3 Å². The van der Waals surface area contributed by atoms with Gasteiger partial charge in [0.25, 0.3) is 5.91 Å². The number of aromatic nitrogens is 1. The van der Waals surface area contributed by atoms with Crippen molar-refractivity contribution >= 4 is 23.3 Å². The molecule has 0 aliphatic carbocycles.